The van der Waals surface area contributed by atoms with Gasteiger partial charge < -0.3 is 16.0 Å². The molecule has 0 unspecified atom stereocenters. The van der Waals surface area contributed by atoms with Crippen molar-refractivity contribution in [2.24, 2.45) is 0 Å². The van der Waals surface area contributed by atoms with Crippen LogP contribution in [0.25, 0.3) is 10.9 Å². The van der Waals surface area contributed by atoms with Gasteiger partial charge >= 0.3 is 0 Å². The van der Waals surface area contributed by atoms with Crippen LogP contribution in [0, 0.1) is 17.7 Å². The van der Waals surface area contributed by atoms with Crippen LogP contribution in [0.3, 0.4) is 0 Å². The Balaban J connectivity index is 1.49. The van der Waals surface area contributed by atoms with Gasteiger partial charge in [0.1, 0.15) is 18.0 Å². The fourth-order valence-corrected chi connectivity index (χ4v) is 3.66. The Bertz CT molecular complexity index is 1150. The maximum absolute atomic E-state index is 13.4. The summed E-state index contributed by atoms with van der Waals surface area (Å²) in [6, 6.07) is 8.09. The number of anilines is 3. The van der Waals surface area contributed by atoms with Gasteiger partial charge in [-0.15, -0.1) is 0 Å². The third kappa shape index (κ3) is 5.23. The van der Waals surface area contributed by atoms with Crippen LogP contribution in [-0.2, 0) is 0 Å². The van der Waals surface area contributed by atoms with E-state index in [9.17, 15) is 4.39 Å². The Morgan fingerprint density at radius 2 is 1.97 bits per heavy atom. The molecular weight excluding hydrogens is 415 g/mol. The molecule has 8 heteroatoms. The molecule has 3 N–H and O–H groups in total. The molecule has 1 aromatic heterocycles. The van der Waals surface area contributed by atoms with Gasteiger partial charge in [0.25, 0.3) is 0 Å². The van der Waals surface area contributed by atoms with Crippen LogP contribution in [-0.4, -0.2) is 59.5 Å². The summed E-state index contributed by atoms with van der Waals surface area (Å²) < 4.78 is 13.4. The van der Waals surface area contributed by atoms with E-state index in [0.29, 0.717) is 17.2 Å². The maximum atomic E-state index is 13.4. The van der Waals surface area contributed by atoms with Crippen molar-refractivity contribution in [1.29, 1.82) is 0 Å². The third-order valence-electron chi connectivity index (χ3n) is 5.36. The molecular formula is C23H24ClFN6. The Hall–Kier alpha value is -2.92. The molecule has 2 heterocycles. The molecule has 1 aliphatic heterocycles. The number of nitrogen functional groups attached to an aromatic ring is 1. The number of fused-ring (bicyclic) bond motifs is 1. The number of benzene rings is 2. The van der Waals surface area contributed by atoms with Gasteiger partial charge in [0.05, 0.1) is 10.5 Å². The zero-order valence-corrected chi connectivity index (χ0v) is 18.1. The van der Waals surface area contributed by atoms with Crippen molar-refractivity contribution in [3.05, 3.63) is 53.1 Å². The summed E-state index contributed by atoms with van der Waals surface area (Å²) in [5.74, 6) is 6.51. The first-order chi connectivity index (χ1) is 15.0. The molecule has 0 spiro atoms. The largest absolute Gasteiger partial charge is 0.398 e. The lowest BCUT2D eigenvalue weighted by Crippen LogP contribution is -2.44. The second kappa shape index (κ2) is 9.48. The zero-order valence-electron chi connectivity index (χ0n) is 17.3. The van der Waals surface area contributed by atoms with E-state index in [1.807, 2.05) is 12.1 Å². The number of hydrogen-bond donors (Lipinski definition) is 2. The standard InChI is InChI=1S/C23H24ClFN6/c1-30-8-10-31(11-9-30)7-3-2-4-16-12-22-18(14-21(16)26)23(28-15-27-22)29-17-5-6-20(25)19(24)13-17/h5-6,12-15H,3,7-11,26H2,1H3,(H,27,28,29). The monoisotopic (exact) mass is 438 g/mol. The summed E-state index contributed by atoms with van der Waals surface area (Å²) >= 11 is 5.87. The predicted octanol–water partition coefficient (Wildman–Crippen LogP) is 3.74. The van der Waals surface area contributed by atoms with Gasteiger partial charge in [-0.25, -0.2) is 14.4 Å². The molecule has 0 bridgehead atoms. The van der Waals surface area contributed by atoms with E-state index < -0.39 is 5.82 Å². The molecule has 1 saturated heterocycles. The summed E-state index contributed by atoms with van der Waals surface area (Å²) in [6.45, 7) is 5.34. The SMILES string of the molecule is CN1CCN(CCC#Cc2cc3ncnc(Nc4ccc(F)c(Cl)c4)c3cc2N)CC1. The third-order valence-corrected chi connectivity index (χ3v) is 5.65. The maximum Gasteiger partial charge on any atom is 0.141 e. The summed E-state index contributed by atoms with van der Waals surface area (Å²) in [4.78, 5) is 13.4. The average molecular weight is 439 g/mol. The second-order valence-corrected chi connectivity index (χ2v) is 8.04. The number of nitrogens with zero attached hydrogens (tertiary/aromatic N) is 4. The molecule has 1 aliphatic rings. The summed E-state index contributed by atoms with van der Waals surface area (Å²) in [6.07, 6.45) is 2.26. The minimum absolute atomic E-state index is 0.0389. The highest BCUT2D eigenvalue weighted by Gasteiger charge is 2.12. The van der Waals surface area contributed by atoms with Crippen LogP contribution in [0.5, 0.6) is 0 Å². The lowest BCUT2D eigenvalue weighted by molar-refractivity contribution is 0.157. The highest BCUT2D eigenvalue weighted by atomic mass is 35.5. The van der Waals surface area contributed by atoms with E-state index in [4.69, 9.17) is 17.3 Å². The van der Waals surface area contributed by atoms with Gasteiger partial charge in [0.15, 0.2) is 0 Å². The highest BCUT2D eigenvalue weighted by Crippen LogP contribution is 2.28. The van der Waals surface area contributed by atoms with Gasteiger partial charge in [-0.2, -0.15) is 0 Å². The quantitative estimate of drug-likeness (QED) is 0.477. The Morgan fingerprint density at radius 1 is 1.16 bits per heavy atom. The molecule has 0 radical (unpaired) electrons. The van der Waals surface area contributed by atoms with Gasteiger partial charge in [0, 0.05) is 61.5 Å². The van der Waals surface area contributed by atoms with Gasteiger partial charge in [-0.3, -0.25) is 4.90 Å². The highest BCUT2D eigenvalue weighted by molar-refractivity contribution is 6.31. The van der Waals surface area contributed by atoms with Crippen LogP contribution in [0.1, 0.15) is 12.0 Å². The van der Waals surface area contributed by atoms with Crippen molar-refractivity contribution in [2.45, 2.75) is 6.42 Å². The number of nitrogens with one attached hydrogen (secondary N) is 1. The van der Waals surface area contributed by atoms with Crippen molar-refractivity contribution in [1.82, 2.24) is 19.8 Å². The number of rotatable bonds is 4. The number of hydrogen-bond acceptors (Lipinski definition) is 6. The smallest absolute Gasteiger partial charge is 0.141 e. The normalized spacial score (nSPS) is 14.9. The molecule has 1 fully saturated rings. The number of halogens is 2. The van der Waals surface area contributed by atoms with E-state index in [1.165, 1.54) is 18.5 Å². The van der Waals surface area contributed by atoms with Crippen molar-refractivity contribution in [2.75, 3.05) is 50.8 Å². The molecule has 0 amide bonds. The number of aromatic nitrogens is 2. The van der Waals surface area contributed by atoms with Crippen LogP contribution >= 0.6 is 11.6 Å². The molecule has 3 aromatic rings. The first kappa shape index (κ1) is 21.3. The van der Waals surface area contributed by atoms with Crippen molar-refractivity contribution in [3.63, 3.8) is 0 Å². The number of nitrogens with two attached hydrogens (primary N) is 1. The topological polar surface area (TPSA) is 70.3 Å². The van der Waals surface area contributed by atoms with Crippen molar-refractivity contribution < 1.29 is 4.39 Å². The first-order valence-corrected chi connectivity index (χ1v) is 10.5. The van der Waals surface area contributed by atoms with Crippen LogP contribution in [0.15, 0.2) is 36.7 Å². The Morgan fingerprint density at radius 3 is 2.74 bits per heavy atom. The number of piperazine rings is 1. The molecule has 0 aliphatic carbocycles. The van der Waals surface area contributed by atoms with Gasteiger partial charge in [-0.05, 0) is 37.4 Å². The van der Waals surface area contributed by atoms with Crippen LogP contribution in [0.4, 0.5) is 21.6 Å². The van der Waals surface area contributed by atoms with E-state index >= 15 is 0 Å². The van der Waals surface area contributed by atoms with E-state index in [1.54, 1.807) is 6.07 Å². The predicted molar refractivity (Wildman–Crippen MR) is 124 cm³/mol. The average Bonchev–Trinajstić information content (AvgIpc) is 2.76. The van der Waals surface area contributed by atoms with Gasteiger partial charge in [-0.1, -0.05) is 23.4 Å². The van der Waals surface area contributed by atoms with Crippen LogP contribution in [0.2, 0.25) is 5.02 Å². The minimum atomic E-state index is -0.472. The van der Waals surface area contributed by atoms with Gasteiger partial charge in [0.2, 0.25) is 0 Å². The first-order valence-electron chi connectivity index (χ1n) is 10.2. The molecule has 31 heavy (non-hydrogen) atoms. The molecule has 4 rings (SSSR count). The fraction of sp³-hybridized carbons (Fsp3) is 0.304. The molecule has 0 atom stereocenters. The summed E-state index contributed by atoms with van der Waals surface area (Å²) in [5.41, 5.74) is 8.92. The zero-order chi connectivity index (χ0) is 21.8. The summed E-state index contributed by atoms with van der Waals surface area (Å²) in [7, 11) is 2.15. The lowest BCUT2D eigenvalue weighted by atomic mass is 10.1. The Kier molecular flexibility index (Phi) is 6.52. The van der Waals surface area contributed by atoms with Crippen molar-refractivity contribution >= 4 is 39.7 Å². The molecule has 6 nitrogen and oxygen atoms in total. The second-order valence-electron chi connectivity index (χ2n) is 7.63. The van der Waals surface area contributed by atoms with E-state index in [-0.39, 0.29) is 5.02 Å². The molecule has 2 aromatic carbocycles. The molecule has 0 saturated carbocycles. The van der Waals surface area contributed by atoms with Crippen molar-refractivity contribution in [3.8, 4) is 11.8 Å². The Labute approximate surface area is 186 Å². The summed E-state index contributed by atoms with van der Waals surface area (Å²) in [5, 5.41) is 3.94. The minimum Gasteiger partial charge on any atom is -0.398 e. The molecule has 160 valence electrons. The fourth-order valence-electron chi connectivity index (χ4n) is 3.48. The number of likely N-dealkylation sites (N-methyl/N-ethyl adjacent to an activating group) is 1. The van der Waals surface area contributed by atoms with E-state index in [0.717, 1.165) is 55.6 Å². The van der Waals surface area contributed by atoms with E-state index in [2.05, 4.69) is 44.0 Å². The lowest BCUT2D eigenvalue weighted by Gasteiger charge is -2.31. The van der Waals surface area contributed by atoms with Crippen LogP contribution < -0.4 is 11.1 Å².